The minimum absolute atomic E-state index is 0.236. The normalized spacial score (nSPS) is 19.0. The molecule has 1 aliphatic rings. The minimum Gasteiger partial charge on any atom is -0.481 e. The van der Waals surface area contributed by atoms with Crippen molar-refractivity contribution < 1.29 is 9.90 Å². The van der Waals surface area contributed by atoms with Gasteiger partial charge < -0.3 is 10.4 Å². The molecular weight excluding hydrogens is 218 g/mol. The maximum Gasteiger partial charge on any atom is 0.303 e. The first-order chi connectivity index (χ1) is 8.18. The fraction of sp³-hybridized carbons (Fsp3) is 0.667. The van der Waals surface area contributed by atoms with E-state index >= 15 is 0 Å². The molecule has 5 nitrogen and oxygen atoms in total. The second kappa shape index (κ2) is 5.31. The molecule has 17 heavy (non-hydrogen) atoms. The molecule has 1 aromatic rings. The van der Waals surface area contributed by atoms with Gasteiger partial charge in [-0.3, -0.25) is 9.48 Å². The number of carboxylic acids is 1. The van der Waals surface area contributed by atoms with Crippen molar-refractivity contribution in [1.29, 1.82) is 0 Å². The quantitative estimate of drug-likeness (QED) is 0.756. The number of nitrogens with one attached hydrogen (secondary N) is 1. The first kappa shape index (κ1) is 12.1. The Kier molecular flexibility index (Phi) is 3.78. The Morgan fingerprint density at radius 1 is 1.71 bits per heavy atom. The van der Waals surface area contributed by atoms with Gasteiger partial charge in [0.15, 0.2) is 0 Å². The highest BCUT2D eigenvalue weighted by Crippen LogP contribution is 2.28. The predicted octanol–water partition coefficient (Wildman–Crippen LogP) is 1.25. The highest BCUT2D eigenvalue weighted by Gasteiger charge is 2.22. The number of aryl methyl sites for hydroxylation is 1. The monoisotopic (exact) mass is 237 g/mol. The molecule has 1 aromatic heterocycles. The van der Waals surface area contributed by atoms with E-state index in [2.05, 4.69) is 10.4 Å². The van der Waals surface area contributed by atoms with E-state index in [1.807, 2.05) is 17.9 Å². The molecule has 0 amide bonds. The molecule has 0 aliphatic heterocycles. The Morgan fingerprint density at radius 2 is 2.53 bits per heavy atom. The van der Waals surface area contributed by atoms with E-state index in [1.54, 1.807) is 0 Å². The standard InChI is InChI=1S/C12H19N3O2/c1-15-11-5-2-4-10(9(11)8-14-15)13-7-3-6-12(16)17/h8,10,13H,2-7H2,1H3,(H,16,17). The molecule has 0 spiro atoms. The SMILES string of the molecule is Cn1ncc2c1CCCC2NCCCC(=O)O. The molecule has 1 atom stereocenters. The van der Waals surface area contributed by atoms with Crippen LogP contribution >= 0.6 is 0 Å². The van der Waals surface area contributed by atoms with Gasteiger partial charge >= 0.3 is 5.97 Å². The Bertz CT molecular complexity index is 400. The second-order valence-electron chi connectivity index (χ2n) is 4.57. The molecule has 0 saturated heterocycles. The molecular formula is C12H19N3O2. The topological polar surface area (TPSA) is 67.2 Å². The van der Waals surface area contributed by atoms with Crippen LogP contribution in [0.1, 0.15) is 43.0 Å². The van der Waals surface area contributed by atoms with Gasteiger partial charge in [-0.2, -0.15) is 5.10 Å². The molecule has 0 bridgehead atoms. The molecule has 0 fully saturated rings. The summed E-state index contributed by atoms with van der Waals surface area (Å²) < 4.78 is 1.94. The van der Waals surface area contributed by atoms with Crippen molar-refractivity contribution in [3.05, 3.63) is 17.5 Å². The van der Waals surface area contributed by atoms with Gasteiger partial charge in [0.1, 0.15) is 0 Å². The van der Waals surface area contributed by atoms with Crippen molar-refractivity contribution in [1.82, 2.24) is 15.1 Å². The fourth-order valence-electron chi connectivity index (χ4n) is 2.43. The van der Waals surface area contributed by atoms with Crippen LogP contribution in [0.5, 0.6) is 0 Å². The summed E-state index contributed by atoms with van der Waals surface area (Å²) in [5, 5.41) is 16.3. The lowest BCUT2D eigenvalue weighted by atomic mass is 9.93. The van der Waals surface area contributed by atoms with Crippen molar-refractivity contribution in [2.24, 2.45) is 7.05 Å². The van der Waals surface area contributed by atoms with Gasteiger partial charge in [0.25, 0.3) is 0 Å². The first-order valence-corrected chi connectivity index (χ1v) is 6.14. The zero-order valence-electron chi connectivity index (χ0n) is 10.1. The number of nitrogens with zero attached hydrogens (tertiary/aromatic N) is 2. The molecule has 1 aliphatic carbocycles. The molecule has 94 valence electrons. The average molecular weight is 237 g/mol. The smallest absolute Gasteiger partial charge is 0.303 e. The second-order valence-corrected chi connectivity index (χ2v) is 4.57. The number of hydrogen-bond acceptors (Lipinski definition) is 3. The summed E-state index contributed by atoms with van der Waals surface area (Å²) >= 11 is 0. The van der Waals surface area contributed by atoms with Gasteiger partial charge in [0.05, 0.1) is 6.20 Å². The zero-order valence-corrected chi connectivity index (χ0v) is 10.1. The maximum atomic E-state index is 10.4. The summed E-state index contributed by atoms with van der Waals surface area (Å²) in [5.74, 6) is -0.725. The van der Waals surface area contributed by atoms with Crippen LogP contribution in [-0.2, 0) is 18.3 Å². The van der Waals surface area contributed by atoms with E-state index in [0.717, 1.165) is 19.4 Å². The van der Waals surface area contributed by atoms with Crippen LogP contribution in [0.15, 0.2) is 6.20 Å². The van der Waals surface area contributed by atoms with Crippen molar-refractivity contribution in [2.75, 3.05) is 6.54 Å². The van der Waals surface area contributed by atoms with Crippen LogP contribution in [0, 0.1) is 0 Å². The predicted molar refractivity (Wildman–Crippen MR) is 63.8 cm³/mol. The lowest BCUT2D eigenvalue weighted by molar-refractivity contribution is -0.137. The summed E-state index contributed by atoms with van der Waals surface area (Å²) in [6, 6.07) is 0.348. The van der Waals surface area contributed by atoms with Gasteiger partial charge in [-0.15, -0.1) is 0 Å². The Hall–Kier alpha value is -1.36. The first-order valence-electron chi connectivity index (χ1n) is 6.14. The van der Waals surface area contributed by atoms with Crippen LogP contribution in [0.3, 0.4) is 0 Å². The van der Waals surface area contributed by atoms with Crippen LogP contribution in [-0.4, -0.2) is 27.4 Å². The fourth-order valence-corrected chi connectivity index (χ4v) is 2.43. The zero-order chi connectivity index (χ0) is 12.3. The van der Waals surface area contributed by atoms with Gasteiger partial charge in [-0.25, -0.2) is 0 Å². The van der Waals surface area contributed by atoms with Crippen LogP contribution in [0.4, 0.5) is 0 Å². The van der Waals surface area contributed by atoms with Gasteiger partial charge in [0.2, 0.25) is 0 Å². The Balaban J connectivity index is 1.88. The van der Waals surface area contributed by atoms with Crippen molar-refractivity contribution in [2.45, 2.75) is 38.1 Å². The van der Waals surface area contributed by atoms with E-state index in [9.17, 15) is 4.79 Å². The summed E-state index contributed by atoms with van der Waals surface area (Å²) in [7, 11) is 1.98. The van der Waals surface area contributed by atoms with Crippen LogP contribution in [0.25, 0.3) is 0 Å². The van der Waals surface area contributed by atoms with Crippen molar-refractivity contribution in [3.8, 4) is 0 Å². The molecule has 2 rings (SSSR count). The third-order valence-electron chi connectivity index (χ3n) is 3.33. The lowest BCUT2D eigenvalue weighted by Gasteiger charge is -2.23. The van der Waals surface area contributed by atoms with E-state index < -0.39 is 5.97 Å². The summed E-state index contributed by atoms with van der Waals surface area (Å²) in [6.07, 6.45) is 6.23. The van der Waals surface area contributed by atoms with Gasteiger partial charge in [0, 0.05) is 30.8 Å². The van der Waals surface area contributed by atoms with Crippen molar-refractivity contribution >= 4 is 5.97 Å². The minimum atomic E-state index is -0.725. The number of rotatable bonds is 5. The number of hydrogen-bond donors (Lipinski definition) is 2. The van der Waals surface area contributed by atoms with Crippen LogP contribution < -0.4 is 5.32 Å². The van der Waals surface area contributed by atoms with E-state index in [0.29, 0.717) is 12.5 Å². The number of aromatic nitrogens is 2. The number of carboxylic acid groups (broad SMARTS) is 1. The summed E-state index contributed by atoms with van der Waals surface area (Å²) in [5.41, 5.74) is 2.60. The average Bonchev–Trinajstić information content (AvgIpc) is 2.67. The lowest BCUT2D eigenvalue weighted by Crippen LogP contribution is -2.26. The maximum absolute atomic E-state index is 10.4. The number of fused-ring (bicyclic) bond motifs is 1. The Labute approximate surface area is 101 Å². The molecule has 1 heterocycles. The van der Waals surface area contributed by atoms with E-state index in [1.165, 1.54) is 17.7 Å². The highest BCUT2D eigenvalue weighted by molar-refractivity contribution is 5.66. The number of aliphatic carboxylic acids is 1. The van der Waals surface area contributed by atoms with Gasteiger partial charge in [-0.05, 0) is 32.2 Å². The molecule has 0 saturated carbocycles. The van der Waals surface area contributed by atoms with Crippen LogP contribution in [0.2, 0.25) is 0 Å². The van der Waals surface area contributed by atoms with Crippen molar-refractivity contribution in [3.63, 3.8) is 0 Å². The van der Waals surface area contributed by atoms with Gasteiger partial charge in [-0.1, -0.05) is 0 Å². The third kappa shape index (κ3) is 2.85. The molecule has 5 heteroatoms. The molecule has 1 unspecified atom stereocenters. The number of carbonyl (C=O) groups is 1. The summed E-state index contributed by atoms with van der Waals surface area (Å²) in [6.45, 7) is 0.755. The molecule has 0 radical (unpaired) electrons. The van der Waals surface area contributed by atoms with E-state index in [4.69, 9.17) is 5.11 Å². The summed E-state index contributed by atoms with van der Waals surface area (Å²) in [4.78, 5) is 10.4. The highest BCUT2D eigenvalue weighted by atomic mass is 16.4. The molecule has 2 N–H and O–H groups in total. The molecule has 0 aromatic carbocycles. The largest absolute Gasteiger partial charge is 0.481 e. The van der Waals surface area contributed by atoms with E-state index in [-0.39, 0.29) is 6.42 Å². The third-order valence-corrected chi connectivity index (χ3v) is 3.33. The Morgan fingerprint density at radius 3 is 3.29 bits per heavy atom.